The Morgan fingerprint density at radius 1 is 0.779 bits per heavy atom. The standard InChI is InChI=1S/C43H48FN9O14S/c1-23-12-24-28(26-19-53-31(40(26)51-30(24)14-29(23)44)13-25-27(42(53)63)20-67-43(64)41(25)62)21-68-22-50-37(59)18-49-36(58)17-48-35(57)16-47-34(56)15-46-33(55)5-8-65-10-11-66-9-6-45-32(54)4-7-52-38(60)2-3-39(52)61/h2-3,12-14,41,62H,4-11,15-22H2,1H3,(H,45,54)(H,46,55)(H,47,56)(H,48,57)(H,49,58)(H,50,59)/t41-/m0/s1. The van der Waals surface area contributed by atoms with Gasteiger partial charge in [-0.15, -0.1) is 11.8 Å². The summed E-state index contributed by atoms with van der Waals surface area (Å²) in [5.41, 5.74) is 2.75. The molecule has 5 heterocycles. The van der Waals surface area contributed by atoms with Gasteiger partial charge in [0.05, 0.1) is 87.5 Å². The molecule has 3 aliphatic rings. The molecule has 6 rings (SSSR count). The summed E-state index contributed by atoms with van der Waals surface area (Å²) >= 11 is 1.30. The van der Waals surface area contributed by atoms with Crippen molar-refractivity contribution in [3.63, 3.8) is 0 Å². The maximum absolute atomic E-state index is 14.7. The minimum Gasteiger partial charge on any atom is -0.458 e. The van der Waals surface area contributed by atoms with Crippen LogP contribution >= 0.6 is 11.8 Å². The molecule has 1 aromatic carbocycles. The number of cyclic esters (lactones) is 1. The molecule has 0 fully saturated rings. The molecule has 0 spiro atoms. The second kappa shape index (κ2) is 23.6. The van der Waals surface area contributed by atoms with Crippen molar-refractivity contribution in [1.82, 2.24) is 46.4 Å². The van der Waals surface area contributed by atoms with Gasteiger partial charge >= 0.3 is 5.97 Å². The number of aryl methyl sites for hydroxylation is 1. The van der Waals surface area contributed by atoms with Crippen LogP contribution in [0.5, 0.6) is 0 Å². The van der Waals surface area contributed by atoms with Gasteiger partial charge in [0.2, 0.25) is 35.4 Å². The van der Waals surface area contributed by atoms with E-state index in [1.54, 1.807) is 13.0 Å². The summed E-state index contributed by atoms with van der Waals surface area (Å²) in [5.74, 6) is -5.27. The first-order valence-electron chi connectivity index (χ1n) is 21.2. The summed E-state index contributed by atoms with van der Waals surface area (Å²) in [6.45, 7) is 0.416. The molecule has 2 aromatic heterocycles. The summed E-state index contributed by atoms with van der Waals surface area (Å²) < 4.78 is 31.8. The van der Waals surface area contributed by atoms with E-state index in [0.29, 0.717) is 39.2 Å². The number of hydrogen-bond acceptors (Lipinski definition) is 16. The summed E-state index contributed by atoms with van der Waals surface area (Å²) in [5, 5.41) is 25.8. The van der Waals surface area contributed by atoms with Gasteiger partial charge in [0.1, 0.15) is 12.4 Å². The van der Waals surface area contributed by atoms with Crippen LogP contribution in [0.15, 0.2) is 35.1 Å². The number of amides is 8. The number of imide groups is 1. The lowest BCUT2D eigenvalue weighted by Gasteiger charge is -2.21. The van der Waals surface area contributed by atoms with Gasteiger partial charge in [-0.25, -0.2) is 14.2 Å². The van der Waals surface area contributed by atoms with Gasteiger partial charge in [-0.05, 0) is 30.2 Å². The highest BCUT2D eigenvalue weighted by atomic mass is 32.2. The van der Waals surface area contributed by atoms with Crippen molar-refractivity contribution in [3.05, 3.63) is 74.3 Å². The Morgan fingerprint density at radius 3 is 2.04 bits per heavy atom. The van der Waals surface area contributed by atoms with Crippen molar-refractivity contribution in [2.24, 2.45) is 0 Å². The Morgan fingerprint density at radius 2 is 1.38 bits per heavy atom. The number of aromatic nitrogens is 2. The second-order valence-electron chi connectivity index (χ2n) is 15.3. The molecular weight excluding hydrogens is 918 g/mol. The molecular formula is C43H48FN9O14S. The number of esters is 1. The zero-order chi connectivity index (χ0) is 48.9. The quantitative estimate of drug-likeness (QED) is 0.0167. The molecule has 25 heteroatoms. The van der Waals surface area contributed by atoms with E-state index in [9.17, 15) is 57.4 Å². The molecule has 68 heavy (non-hydrogen) atoms. The average Bonchev–Trinajstić information content (AvgIpc) is 3.85. The highest BCUT2D eigenvalue weighted by molar-refractivity contribution is 7.98. The zero-order valence-electron chi connectivity index (χ0n) is 36.7. The number of nitrogens with zero attached hydrogens (tertiary/aromatic N) is 3. The fourth-order valence-electron chi connectivity index (χ4n) is 7.04. The number of carbonyl (C=O) groups excluding carboxylic acids is 9. The smallest absolute Gasteiger partial charge is 0.340 e. The minimum atomic E-state index is -1.64. The molecule has 0 bridgehead atoms. The lowest BCUT2D eigenvalue weighted by Crippen LogP contribution is -2.45. The van der Waals surface area contributed by atoms with E-state index >= 15 is 0 Å². The van der Waals surface area contributed by atoms with Crippen LogP contribution in [0.1, 0.15) is 46.8 Å². The average molecular weight is 966 g/mol. The van der Waals surface area contributed by atoms with Crippen LogP contribution < -0.4 is 37.5 Å². The van der Waals surface area contributed by atoms with E-state index in [0.717, 1.165) is 22.6 Å². The normalized spacial score (nSPS) is 14.5. The first-order valence-corrected chi connectivity index (χ1v) is 22.4. The Balaban J connectivity index is 0.806. The molecule has 7 N–H and O–H groups in total. The first kappa shape index (κ1) is 50.3. The van der Waals surface area contributed by atoms with Crippen LogP contribution in [-0.2, 0) is 76.3 Å². The molecule has 0 radical (unpaired) electrons. The summed E-state index contributed by atoms with van der Waals surface area (Å²) in [7, 11) is 0. The topological polar surface area (TPSA) is 312 Å². The lowest BCUT2D eigenvalue weighted by molar-refractivity contribution is -0.157. The number of nitrogens with one attached hydrogen (secondary N) is 6. The maximum Gasteiger partial charge on any atom is 0.340 e. The molecule has 3 aromatic rings. The van der Waals surface area contributed by atoms with Crippen LogP contribution in [-0.4, -0.2) is 144 Å². The van der Waals surface area contributed by atoms with Crippen LogP contribution in [0.25, 0.3) is 22.3 Å². The van der Waals surface area contributed by atoms with E-state index in [2.05, 4.69) is 36.9 Å². The van der Waals surface area contributed by atoms with E-state index < -0.39 is 91.0 Å². The molecule has 3 aliphatic heterocycles. The third-order valence-electron chi connectivity index (χ3n) is 10.6. The van der Waals surface area contributed by atoms with E-state index in [-0.39, 0.29) is 88.4 Å². The maximum atomic E-state index is 14.7. The molecule has 0 saturated carbocycles. The molecule has 0 unspecified atom stereocenters. The summed E-state index contributed by atoms with van der Waals surface area (Å²) in [4.78, 5) is 127. The minimum absolute atomic E-state index is 0.0183. The van der Waals surface area contributed by atoms with Crippen LogP contribution in [0.3, 0.4) is 0 Å². The van der Waals surface area contributed by atoms with E-state index in [1.165, 1.54) is 28.5 Å². The summed E-state index contributed by atoms with van der Waals surface area (Å²) in [6.07, 6.45) is 0.561. The Hall–Kier alpha value is -7.09. The van der Waals surface area contributed by atoms with Crippen LogP contribution in [0, 0.1) is 12.7 Å². The number of aliphatic hydroxyl groups excluding tert-OH is 1. The second-order valence-corrected chi connectivity index (χ2v) is 16.3. The molecule has 0 aliphatic carbocycles. The predicted molar refractivity (Wildman–Crippen MR) is 236 cm³/mol. The molecule has 362 valence electrons. The number of fused-ring (bicyclic) bond motifs is 5. The van der Waals surface area contributed by atoms with Gasteiger partial charge in [-0.2, -0.15) is 0 Å². The lowest BCUT2D eigenvalue weighted by atomic mass is 9.98. The first-order chi connectivity index (χ1) is 32.6. The van der Waals surface area contributed by atoms with Gasteiger partial charge in [0, 0.05) is 66.4 Å². The number of pyridine rings is 2. The van der Waals surface area contributed by atoms with Crippen molar-refractivity contribution in [1.29, 1.82) is 0 Å². The largest absolute Gasteiger partial charge is 0.458 e. The van der Waals surface area contributed by atoms with Crippen molar-refractivity contribution < 1.29 is 66.9 Å². The summed E-state index contributed by atoms with van der Waals surface area (Å²) in [6, 6.07) is 4.49. The van der Waals surface area contributed by atoms with E-state index in [4.69, 9.17) is 14.2 Å². The Bertz CT molecular complexity index is 2600. The number of aliphatic hydroxyl groups is 1. The van der Waals surface area contributed by atoms with Gasteiger partial charge in [0.25, 0.3) is 17.4 Å². The van der Waals surface area contributed by atoms with Gasteiger partial charge in [0.15, 0.2) is 6.10 Å². The highest BCUT2D eigenvalue weighted by Gasteiger charge is 2.35. The molecule has 0 saturated heterocycles. The van der Waals surface area contributed by atoms with Gasteiger partial charge in [-0.1, -0.05) is 0 Å². The zero-order valence-corrected chi connectivity index (χ0v) is 37.5. The third kappa shape index (κ3) is 13.1. The highest BCUT2D eigenvalue weighted by Crippen LogP contribution is 2.39. The number of rotatable bonds is 24. The van der Waals surface area contributed by atoms with Gasteiger partial charge in [-0.3, -0.25) is 48.1 Å². The monoisotopic (exact) mass is 965 g/mol. The number of hydrogen-bond donors (Lipinski definition) is 7. The predicted octanol–water partition coefficient (Wildman–Crippen LogP) is -2.41. The number of halogens is 1. The Labute approximate surface area is 390 Å². The molecule has 1 atom stereocenters. The number of thioether (sulfide) groups is 1. The van der Waals surface area contributed by atoms with Gasteiger partial charge < -0.3 is 55.8 Å². The van der Waals surface area contributed by atoms with Crippen LogP contribution in [0.4, 0.5) is 4.39 Å². The Kier molecular flexibility index (Phi) is 17.4. The van der Waals surface area contributed by atoms with E-state index in [1.807, 2.05) is 0 Å². The van der Waals surface area contributed by atoms with Crippen LogP contribution in [0.2, 0.25) is 0 Å². The number of ether oxygens (including phenoxy) is 3. The fraction of sp³-hybridized carbons (Fsp3) is 0.419. The molecule has 23 nitrogen and oxygen atoms in total. The van der Waals surface area contributed by atoms with Crippen molar-refractivity contribution in [2.45, 2.75) is 44.8 Å². The fourth-order valence-corrected chi connectivity index (χ4v) is 7.94. The SMILES string of the molecule is Cc1cc2c(CSCNC(=O)CNC(=O)CNC(=O)CNC(=O)CNC(=O)CCOCCOCCNC(=O)CCN3C(=O)C=CC3=O)c3c(nc2cc1F)-c1cc2c(c(=O)n1C3)COC(=O)[C@H]2O. The van der Waals surface area contributed by atoms with Crippen molar-refractivity contribution >= 4 is 75.9 Å². The molecule has 8 amide bonds. The third-order valence-corrected chi connectivity index (χ3v) is 11.5. The van der Waals surface area contributed by atoms with Crippen molar-refractivity contribution in [2.75, 3.05) is 71.6 Å². The van der Waals surface area contributed by atoms with Crippen molar-refractivity contribution in [3.8, 4) is 11.4 Å². The number of carbonyl (C=O) groups is 9. The number of benzene rings is 1.